The van der Waals surface area contributed by atoms with E-state index in [1.165, 1.54) is 12.1 Å². The summed E-state index contributed by atoms with van der Waals surface area (Å²) < 4.78 is 23.1. The van der Waals surface area contributed by atoms with Gasteiger partial charge in [0.1, 0.15) is 0 Å². The Morgan fingerprint density at radius 3 is 2.12 bits per heavy atom. The maximum Gasteiger partial charge on any atom is 0.254 e. The maximum atomic E-state index is 12.9. The van der Waals surface area contributed by atoms with Crippen molar-refractivity contribution in [2.75, 3.05) is 6.26 Å². The Morgan fingerprint density at radius 1 is 1.04 bits per heavy atom. The minimum atomic E-state index is -3.26. The Balaban J connectivity index is 2.27. The lowest BCUT2D eigenvalue weighted by atomic mass is 10.1. The van der Waals surface area contributed by atoms with E-state index in [-0.39, 0.29) is 16.8 Å². The van der Waals surface area contributed by atoms with Gasteiger partial charge in [0, 0.05) is 24.4 Å². The predicted octanol–water partition coefficient (Wildman–Crippen LogP) is 3.53. The Labute approximate surface area is 144 Å². The zero-order valence-corrected chi connectivity index (χ0v) is 15.1. The number of amides is 1. The number of carbonyl (C=O) groups excluding carboxylic acids is 1. The van der Waals surface area contributed by atoms with E-state index in [9.17, 15) is 13.2 Å². The van der Waals surface area contributed by atoms with E-state index in [0.717, 1.165) is 18.2 Å². The van der Waals surface area contributed by atoms with Crippen LogP contribution < -0.4 is 0 Å². The van der Waals surface area contributed by atoms with E-state index in [4.69, 9.17) is 0 Å². The average molecular weight is 345 g/mol. The van der Waals surface area contributed by atoms with E-state index in [2.05, 4.69) is 0 Å². The minimum absolute atomic E-state index is 0.0896. The van der Waals surface area contributed by atoms with Gasteiger partial charge in [0.05, 0.1) is 4.90 Å². The summed E-state index contributed by atoms with van der Waals surface area (Å²) in [6.07, 6.45) is 2.00. The van der Waals surface area contributed by atoms with Crippen molar-refractivity contribution in [2.24, 2.45) is 0 Å². The van der Waals surface area contributed by atoms with Gasteiger partial charge in [-0.25, -0.2) is 8.42 Å². The third-order valence-electron chi connectivity index (χ3n) is 4.11. The Bertz CT molecular complexity index is 783. The van der Waals surface area contributed by atoms with E-state index < -0.39 is 9.84 Å². The normalized spacial score (nSPS) is 12.6. The molecule has 1 amide bonds. The van der Waals surface area contributed by atoms with Gasteiger partial charge in [-0.2, -0.15) is 0 Å². The molecule has 0 aliphatic heterocycles. The highest BCUT2D eigenvalue weighted by Crippen LogP contribution is 2.17. The molecule has 0 radical (unpaired) electrons. The van der Waals surface area contributed by atoms with Crippen molar-refractivity contribution in [1.82, 2.24) is 4.90 Å². The third-order valence-corrected chi connectivity index (χ3v) is 5.24. The van der Waals surface area contributed by atoms with Gasteiger partial charge in [-0.1, -0.05) is 37.3 Å². The highest BCUT2D eigenvalue weighted by atomic mass is 32.2. The molecule has 0 N–H and O–H groups in total. The van der Waals surface area contributed by atoms with Gasteiger partial charge < -0.3 is 4.90 Å². The molecule has 4 nitrogen and oxygen atoms in total. The molecule has 2 aromatic carbocycles. The quantitative estimate of drug-likeness (QED) is 0.805. The molecule has 128 valence electrons. The van der Waals surface area contributed by atoms with Crippen molar-refractivity contribution < 1.29 is 13.2 Å². The van der Waals surface area contributed by atoms with E-state index in [0.29, 0.717) is 12.1 Å². The average Bonchev–Trinajstić information content (AvgIpc) is 2.58. The minimum Gasteiger partial charge on any atom is -0.332 e. The van der Waals surface area contributed by atoms with Crippen molar-refractivity contribution in [1.29, 1.82) is 0 Å². The molecule has 2 rings (SSSR count). The van der Waals surface area contributed by atoms with Gasteiger partial charge in [-0.05, 0) is 43.2 Å². The fourth-order valence-electron chi connectivity index (χ4n) is 2.44. The summed E-state index contributed by atoms with van der Waals surface area (Å²) in [5.41, 5.74) is 1.57. The number of rotatable bonds is 6. The van der Waals surface area contributed by atoms with Crippen LogP contribution >= 0.6 is 0 Å². The lowest BCUT2D eigenvalue weighted by Gasteiger charge is -2.29. The van der Waals surface area contributed by atoms with Gasteiger partial charge in [-0.15, -0.1) is 0 Å². The molecular weight excluding hydrogens is 322 g/mol. The molecule has 2 aromatic rings. The van der Waals surface area contributed by atoms with Gasteiger partial charge in [0.15, 0.2) is 9.84 Å². The summed E-state index contributed by atoms with van der Waals surface area (Å²) >= 11 is 0. The summed E-state index contributed by atoms with van der Waals surface area (Å²) in [5, 5.41) is 0. The molecule has 0 heterocycles. The molecule has 0 spiro atoms. The number of sulfone groups is 1. The lowest BCUT2D eigenvalue weighted by Crippen LogP contribution is -2.37. The molecule has 0 saturated carbocycles. The van der Waals surface area contributed by atoms with Crippen molar-refractivity contribution in [3.8, 4) is 0 Å². The highest BCUT2D eigenvalue weighted by Gasteiger charge is 2.21. The topological polar surface area (TPSA) is 54.5 Å². The van der Waals surface area contributed by atoms with Crippen LogP contribution in [0.5, 0.6) is 0 Å². The second kappa shape index (κ2) is 7.62. The van der Waals surface area contributed by atoms with Gasteiger partial charge >= 0.3 is 0 Å². The smallest absolute Gasteiger partial charge is 0.254 e. The molecule has 24 heavy (non-hydrogen) atoms. The third kappa shape index (κ3) is 4.45. The van der Waals surface area contributed by atoms with Crippen LogP contribution in [0.2, 0.25) is 0 Å². The lowest BCUT2D eigenvalue weighted by molar-refractivity contribution is 0.0671. The molecular formula is C19H23NO3S. The summed E-state index contributed by atoms with van der Waals surface area (Å²) in [5.74, 6) is -0.0896. The van der Waals surface area contributed by atoms with Crippen molar-refractivity contribution in [3.63, 3.8) is 0 Å². The fourth-order valence-corrected chi connectivity index (χ4v) is 3.07. The summed E-state index contributed by atoms with van der Waals surface area (Å²) in [6.45, 7) is 4.59. The molecule has 0 aliphatic rings. The molecule has 0 bridgehead atoms. The molecule has 0 aromatic heterocycles. The first kappa shape index (κ1) is 18.2. The maximum absolute atomic E-state index is 12.9. The second-order valence-corrected chi connectivity index (χ2v) is 7.99. The van der Waals surface area contributed by atoms with Crippen LogP contribution in [0.15, 0.2) is 59.5 Å². The van der Waals surface area contributed by atoms with E-state index >= 15 is 0 Å². The number of nitrogens with zero attached hydrogens (tertiary/aromatic N) is 1. The molecule has 1 unspecified atom stereocenters. The summed E-state index contributed by atoms with van der Waals surface area (Å²) in [6, 6.07) is 16.1. The number of hydrogen-bond donors (Lipinski definition) is 0. The highest BCUT2D eigenvalue weighted by molar-refractivity contribution is 7.90. The Kier molecular flexibility index (Phi) is 5.78. The van der Waals surface area contributed by atoms with E-state index in [1.807, 2.05) is 49.1 Å². The molecule has 0 saturated heterocycles. The Hall–Kier alpha value is -2.14. The van der Waals surface area contributed by atoms with Crippen LogP contribution in [0, 0.1) is 0 Å². The summed E-state index contributed by atoms with van der Waals surface area (Å²) in [4.78, 5) is 14.9. The molecule has 0 aliphatic carbocycles. The number of hydrogen-bond acceptors (Lipinski definition) is 3. The van der Waals surface area contributed by atoms with Crippen LogP contribution in [0.1, 0.15) is 36.2 Å². The zero-order chi connectivity index (χ0) is 17.7. The van der Waals surface area contributed by atoms with Crippen LogP contribution in [-0.4, -0.2) is 31.5 Å². The first-order valence-corrected chi connectivity index (χ1v) is 9.87. The predicted molar refractivity (Wildman–Crippen MR) is 95.6 cm³/mol. The van der Waals surface area contributed by atoms with E-state index in [1.54, 1.807) is 12.1 Å². The SMILES string of the molecule is CCC(C)N(Cc1ccccc1)C(=O)c1ccc(S(C)(=O)=O)cc1. The zero-order valence-electron chi connectivity index (χ0n) is 14.3. The monoisotopic (exact) mass is 345 g/mol. The number of benzene rings is 2. The van der Waals surface area contributed by atoms with Crippen LogP contribution in [-0.2, 0) is 16.4 Å². The largest absolute Gasteiger partial charge is 0.332 e. The molecule has 0 fully saturated rings. The second-order valence-electron chi connectivity index (χ2n) is 5.97. The first-order chi connectivity index (χ1) is 11.3. The number of carbonyl (C=O) groups is 1. The molecule has 5 heteroatoms. The van der Waals surface area contributed by atoms with Crippen molar-refractivity contribution in [2.45, 2.75) is 37.8 Å². The van der Waals surface area contributed by atoms with Crippen LogP contribution in [0.3, 0.4) is 0 Å². The van der Waals surface area contributed by atoms with Gasteiger partial charge in [0.2, 0.25) is 0 Å². The standard InChI is InChI=1S/C19H23NO3S/c1-4-15(2)20(14-16-8-6-5-7-9-16)19(21)17-10-12-18(13-11-17)24(3,22)23/h5-13,15H,4,14H2,1-3H3. The van der Waals surface area contributed by atoms with Crippen LogP contribution in [0.25, 0.3) is 0 Å². The van der Waals surface area contributed by atoms with Crippen molar-refractivity contribution >= 4 is 15.7 Å². The fraction of sp³-hybridized carbons (Fsp3) is 0.316. The van der Waals surface area contributed by atoms with Gasteiger partial charge in [-0.3, -0.25) is 4.79 Å². The van der Waals surface area contributed by atoms with Crippen molar-refractivity contribution in [3.05, 3.63) is 65.7 Å². The van der Waals surface area contributed by atoms with Gasteiger partial charge in [0.25, 0.3) is 5.91 Å². The Morgan fingerprint density at radius 2 is 1.62 bits per heavy atom. The molecule has 1 atom stereocenters. The summed E-state index contributed by atoms with van der Waals surface area (Å²) in [7, 11) is -3.26. The van der Waals surface area contributed by atoms with Crippen LogP contribution in [0.4, 0.5) is 0 Å². The first-order valence-electron chi connectivity index (χ1n) is 7.98.